The number of aliphatic imine (C=N–C) groups is 1. The second kappa shape index (κ2) is 9.34. The predicted molar refractivity (Wildman–Crippen MR) is 99.7 cm³/mol. The minimum atomic E-state index is -1.11. The van der Waals surface area contributed by atoms with Crippen LogP contribution in [-0.4, -0.2) is 18.2 Å². The van der Waals surface area contributed by atoms with Crippen LogP contribution in [0.2, 0.25) is 0 Å². The van der Waals surface area contributed by atoms with E-state index in [1.165, 1.54) is 11.1 Å². The summed E-state index contributed by atoms with van der Waals surface area (Å²) in [6.45, 7) is 17.1. The quantitative estimate of drug-likeness (QED) is 0.583. The summed E-state index contributed by atoms with van der Waals surface area (Å²) in [6.07, 6.45) is 2.18. The number of hydrogen-bond donors (Lipinski definition) is 0. The molecule has 0 aliphatic rings. The zero-order valence-electron chi connectivity index (χ0n) is 17.4. The van der Waals surface area contributed by atoms with E-state index < -0.39 is 12.0 Å². The molecule has 1 atom stereocenters. The number of rotatable bonds is 5. The molecule has 0 aliphatic carbocycles. The summed E-state index contributed by atoms with van der Waals surface area (Å²) >= 11 is 0. The van der Waals surface area contributed by atoms with Crippen molar-refractivity contribution in [1.82, 2.24) is 0 Å². The monoisotopic (exact) mass is 353 g/mol. The second-order valence-electron chi connectivity index (χ2n) is 9.09. The van der Waals surface area contributed by atoms with Gasteiger partial charge in [0.25, 0.3) is 0 Å². The SMILES string of the molecule is CC(C)CC(N=Cc1cc(C(C)(C)C)cc(C(C)(C)C)c1)C(=O)[O-].[Na+]. The molecule has 0 radical (unpaired) electrons. The zero-order valence-corrected chi connectivity index (χ0v) is 19.4. The summed E-state index contributed by atoms with van der Waals surface area (Å²) in [5, 5.41) is 11.3. The Morgan fingerprint density at radius 1 is 1.04 bits per heavy atom. The Hall–Kier alpha value is -0.640. The Kier molecular flexibility index (Phi) is 9.10. The maximum Gasteiger partial charge on any atom is 1.00 e. The first-order valence-corrected chi connectivity index (χ1v) is 8.71. The maximum absolute atomic E-state index is 11.3. The topological polar surface area (TPSA) is 52.5 Å². The van der Waals surface area contributed by atoms with Crippen molar-refractivity contribution in [2.24, 2.45) is 10.9 Å². The van der Waals surface area contributed by atoms with E-state index in [2.05, 4.69) is 64.7 Å². The summed E-state index contributed by atoms with van der Waals surface area (Å²) in [7, 11) is 0. The van der Waals surface area contributed by atoms with Gasteiger partial charge in [-0.1, -0.05) is 61.5 Å². The molecule has 0 saturated carbocycles. The standard InChI is InChI=1S/C21H33NO2.Na/c1-14(2)9-18(19(23)24)22-13-15-10-16(20(3,4)5)12-17(11-15)21(6,7)8;/h10-14,18H,9H2,1-8H3,(H,23,24);/q;+1/p-1. The molecule has 134 valence electrons. The van der Waals surface area contributed by atoms with Gasteiger partial charge in [-0.15, -0.1) is 0 Å². The third-order valence-corrected chi connectivity index (χ3v) is 4.06. The normalized spacial score (nSPS) is 13.8. The van der Waals surface area contributed by atoms with Crippen molar-refractivity contribution in [2.45, 2.75) is 78.7 Å². The van der Waals surface area contributed by atoms with Gasteiger partial charge in [0, 0.05) is 6.21 Å². The molecule has 0 heterocycles. The molecule has 0 aliphatic heterocycles. The van der Waals surface area contributed by atoms with Crippen molar-refractivity contribution in [3.63, 3.8) is 0 Å². The smallest absolute Gasteiger partial charge is 0.548 e. The van der Waals surface area contributed by atoms with Gasteiger partial charge in [0.1, 0.15) is 0 Å². The molecular formula is C21H32NNaO2. The second-order valence-corrected chi connectivity index (χ2v) is 9.09. The number of hydrogen-bond acceptors (Lipinski definition) is 3. The number of benzene rings is 1. The summed E-state index contributed by atoms with van der Waals surface area (Å²) in [5.74, 6) is -0.848. The minimum absolute atomic E-state index is 0. The van der Waals surface area contributed by atoms with Crippen LogP contribution in [0.25, 0.3) is 0 Å². The van der Waals surface area contributed by atoms with Gasteiger partial charge in [0.05, 0.1) is 12.0 Å². The van der Waals surface area contributed by atoms with E-state index in [1.54, 1.807) is 6.21 Å². The van der Waals surface area contributed by atoms with Gasteiger partial charge in [-0.25, -0.2) is 0 Å². The number of aliphatic carboxylic acids is 1. The molecule has 1 unspecified atom stereocenters. The van der Waals surface area contributed by atoms with E-state index in [4.69, 9.17) is 0 Å². The predicted octanol–water partition coefficient (Wildman–Crippen LogP) is 0.869. The Morgan fingerprint density at radius 3 is 1.80 bits per heavy atom. The van der Waals surface area contributed by atoms with Gasteiger partial charge in [-0.2, -0.15) is 0 Å². The average Bonchev–Trinajstić information content (AvgIpc) is 2.40. The summed E-state index contributed by atoms with van der Waals surface area (Å²) in [6, 6.07) is 5.64. The number of carboxylic acid groups (broad SMARTS) is 1. The molecule has 25 heavy (non-hydrogen) atoms. The molecule has 0 bridgehead atoms. The van der Waals surface area contributed by atoms with Crippen LogP contribution in [0.5, 0.6) is 0 Å². The van der Waals surface area contributed by atoms with Gasteiger partial charge in [0.2, 0.25) is 0 Å². The van der Waals surface area contributed by atoms with Crippen LogP contribution in [0.4, 0.5) is 0 Å². The summed E-state index contributed by atoms with van der Waals surface area (Å²) < 4.78 is 0. The zero-order chi connectivity index (χ0) is 18.7. The molecule has 1 aromatic carbocycles. The molecule has 4 heteroatoms. The third-order valence-electron chi connectivity index (χ3n) is 4.06. The Balaban J connectivity index is 0.00000576. The maximum atomic E-state index is 11.3. The van der Waals surface area contributed by atoms with Crippen molar-refractivity contribution in [1.29, 1.82) is 0 Å². The fraction of sp³-hybridized carbons (Fsp3) is 0.619. The molecule has 1 rings (SSSR count). The molecule has 0 amide bonds. The molecule has 0 saturated heterocycles. The van der Waals surface area contributed by atoms with Crippen LogP contribution in [0.15, 0.2) is 23.2 Å². The third kappa shape index (κ3) is 8.06. The van der Waals surface area contributed by atoms with E-state index in [0.29, 0.717) is 6.42 Å². The van der Waals surface area contributed by atoms with Crippen LogP contribution >= 0.6 is 0 Å². The van der Waals surface area contributed by atoms with Gasteiger partial charge in [-0.3, -0.25) is 4.99 Å². The molecule has 0 spiro atoms. The first-order valence-electron chi connectivity index (χ1n) is 8.71. The van der Waals surface area contributed by atoms with E-state index >= 15 is 0 Å². The van der Waals surface area contributed by atoms with Crippen LogP contribution in [-0.2, 0) is 15.6 Å². The van der Waals surface area contributed by atoms with Gasteiger partial charge in [0.15, 0.2) is 0 Å². The van der Waals surface area contributed by atoms with Crippen molar-refractivity contribution < 1.29 is 39.5 Å². The van der Waals surface area contributed by atoms with Crippen LogP contribution in [0.3, 0.4) is 0 Å². The Bertz CT molecular complexity index is 575. The minimum Gasteiger partial charge on any atom is -0.548 e. The van der Waals surface area contributed by atoms with Crippen LogP contribution in [0, 0.1) is 5.92 Å². The fourth-order valence-electron chi connectivity index (χ4n) is 2.43. The number of carbonyl (C=O) groups excluding carboxylic acids is 1. The van der Waals surface area contributed by atoms with Crippen molar-refractivity contribution in [2.75, 3.05) is 0 Å². The number of carboxylic acids is 1. The molecule has 3 nitrogen and oxygen atoms in total. The van der Waals surface area contributed by atoms with Gasteiger partial charge < -0.3 is 9.90 Å². The van der Waals surface area contributed by atoms with E-state index in [1.807, 2.05) is 13.8 Å². The Labute approximate surface area is 175 Å². The Morgan fingerprint density at radius 2 is 1.48 bits per heavy atom. The van der Waals surface area contributed by atoms with E-state index in [9.17, 15) is 9.90 Å². The summed E-state index contributed by atoms with van der Waals surface area (Å²) in [5.41, 5.74) is 3.45. The largest absolute Gasteiger partial charge is 1.00 e. The van der Waals surface area contributed by atoms with Crippen LogP contribution in [0.1, 0.15) is 78.5 Å². The number of carbonyl (C=O) groups is 1. The van der Waals surface area contributed by atoms with Gasteiger partial charge >= 0.3 is 29.6 Å². The molecule has 0 aromatic heterocycles. The first kappa shape index (κ1) is 24.4. The van der Waals surface area contributed by atoms with Crippen molar-refractivity contribution in [3.8, 4) is 0 Å². The van der Waals surface area contributed by atoms with Crippen LogP contribution < -0.4 is 34.7 Å². The fourth-order valence-corrected chi connectivity index (χ4v) is 2.43. The summed E-state index contributed by atoms with van der Waals surface area (Å²) in [4.78, 5) is 15.6. The van der Waals surface area contributed by atoms with Crippen molar-refractivity contribution in [3.05, 3.63) is 34.9 Å². The molecular weight excluding hydrogens is 321 g/mol. The van der Waals surface area contributed by atoms with Gasteiger partial charge in [-0.05, 0) is 52.0 Å². The molecule has 0 fully saturated rings. The first-order chi connectivity index (χ1) is 10.8. The number of nitrogens with zero attached hydrogens (tertiary/aromatic N) is 1. The average molecular weight is 353 g/mol. The molecule has 1 aromatic rings. The van der Waals surface area contributed by atoms with E-state index in [0.717, 1.165) is 5.56 Å². The van der Waals surface area contributed by atoms with Crippen molar-refractivity contribution >= 4 is 12.2 Å². The molecule has 0 N–H and O–H groups in total. The van der Waals surface area contributed by atoms with E-state index in [-0.39, 0.29) is 46.3 Å².